The number of anilines is 1. The molecule has 148 valence electrons. The predicted octanol–water partition coefficient (Wildman–Crippen LogP) is 5.84. The number of aromatic nitrogens is 1. The summed E-state index contributed by atoms with van der Waals surface area (Å²) in [5.41, 5.74) is -0.485. The van der Waals surface area contributed by atoms with Gasteiger partial charge in [0.25, 0.3) is 0 Å². The van der Waals surface area contributed by atoms with Crippen LogP contribution in [0.2, 0.25) is 10.0 Å². The molecule has 0 radical (unpaired) electrons. The van der Waals surface area contributed by atoms with Gasteiger partial charge in [-0.05, 0) is 48.6 Å². The van der Waals surface area contributed by atoms with E-state index in [4.69, 9.17) is 23.2 Å². The highest BCUT2D eigenvalue weighted by molar-refractivity contribution is 6.42. The molecule has 10 heteroatoms. The Morgan fingerprint density at radius 1 is 1.21 bits per heavy atom. The van der Waals surface area contributed by atoms with Gasteiger partial charge in [-0.1, -0.05) is 23.2 Å². The molecule has 1 aromatic carbocycles. The molecule has 1 N–H and O–H groups in total. The van der Waals surface area contributed by atoms with Crippen LogP contribution in [0.1, 0.15) is 35.7 Å². The van der Waals surface area contributed by atoms with E-state index in [2.05, 4.69) is 10.3 Å². The number of carbonyl (C=O) groups is 1. The van der Waals surface area contributed by atoms with Crippen LogP contribution < -0.4 is 5.32 Å². The zero-order valence-corrected chi connectivity index (χ0v) is 15.7. The van der Waals surface area contributed by atoms with Gasteiger partial charge in [-0.25, -0.2) is 9.18 Å². The molecule has 2 aromatic rings. The molecule has 0 unspecified atom stereocenters. The molecule has 2 bridgehead atoms. The van der Waals surface area contributed by atoms with Crippen molar-refractivity contribution >= 4 is 34.9 Å². The second kappa shape index (κ2) is 6.77. The largest absolute Gasteiger partial charge is 0.433 e. The van der Waals surface area contributed by atoms with E-state index in [1.54, 1.807) is 0 Å². The van der Waals surface area contributed by atoms with Crippen molar-refractivity contribution in [3.63, 3.8) is 0 Å². The average molecular weight is 434 g/mol. The third-order valence-electron chi connectivity index (χ3n) is 5.15. The highest BCUT2D eigenvalue weighted by atomic mass is 35.5. The number of alkyl halides is 3. The number of fused-ring (bicyclic) bond motifs is 4. The number of urea groups is 1. The number of nitrogens with one attached hydrogen (secondary N) is 1. The summed E-state index contributed by atoms with van der Waals surface area (Å²) in [5, 5.41) is 2.54. The standard InChI is InChI=1S/C18H13Cl2F4N3O/c19-11-6-13(21)14(7-12(11)20)26-17(28)27-8-1-2-15(27)9-3-4-25-16(10(9)5-8)18(22,23)24/h3-4,6-8,15H,1-2,5H2,(H,26,28)/t8-,15+/m1/s1. The number of rotatable bonds is 1. The van der Waals surface area contributed by atoms with E-state index in [1.165, 1.54) is 17.0 Å². The minimum atomic E-state index is -4.56. The number of hydrogen-bond donors (Lipinski definition) is 1. The molecule has 2 amide bonds. The van der Waals surface area contributed by atoms with Crippen molar-refractivity contribution < 1.29 is 22.4 Å². The van der Waals surface area contributed by atoms with Crippen LogP contribution in [0.25, 0.3) is 0 Å². The first-order chi connectivity index (χ1) is 13.2. The van der Waals surface area contributed by atoms with E-state index >= 15 is 0 Å². The molecule has 28 heavy (non-hydrogen) atoms. The number of amides is 2. The first-order valence-electron chi connectivity index (χ1n) is 8.45. The Bertz CT molecular complexity index is 967. The molecule has 1 saturated heterocycles. The van der Waals surface area contributed by atoms with Crippen molar-refractivity contribution in [1.82, 2.24) is 9.88 Å². The lowest BCUT2D eigenvalue weighted by Gasteiger charge is -2.37. The number of hydrogen-bond acceptors (Lipinski definition) is 2. The Morgan fingerprint density at radius 2 is 1.93 bits per heavy atom. The first-order valence-corrected chi connectivity index (χ1v) is 9.21. The molecular weight excluding hydrogens is 421 g/mol. The molecule has 2 aliphatic heterocycles. The first kappa shape index (κ1) is 19.3. The van der Waals surface area contributed by atoms with Crippen LogP contribution in [0.15, 0.2) is 24.4 Å². The minimum absolute atomic E-state index is 0.0105. The maximum absolute atomic E-state index is 14.1. The van der Waals surface area contributed by atoms with Crippen LogP contribution in [-0.4, -0.2) is 22.0 Å². The number of nitrogens with zero attached hydrogens (tertiary/aromatic N) is 2. The highest BCUT2D eigenvalue weighted by Gasteiger charge is 2.47. The second-order valence-electron chi connectivity index (χ2n) is 6.76. The molecule has 0 saturated carbocycles. The summed E-state index contributed by atoms with van der Waals surface area (Å²) in [6.45, 7) is 0. The van der Waals surface area contributed by atoms with Crippen LogP contribution in [0.4, 0.5) is 28.0 Å². The number of carbonyl (C=O) groups excluding carboxylic acids is 1. The van der Waals surface area contributed by atoms with E-state index in [-0.39, 0.29) is 27.7 Å². The fraction of sp³-hybridized carbons (Fsp3) is 0.333. The van der Waals surface area contributed by atoms with Gasteiger partial charge < -0.3 is 10.2 Å². The lowest BCUT2D eigenvalue weighted by molar-refractivity contribution is -0.142. The molecule has 1 fully saturated rings. The van der Waals surface area contributed by atoms with Crippen LogP contribution in [0.3, 0.4) is 0 Å². The van der Waals surface area contributed by atoms with Crippen molar-refractivity contribution in [3.05, 3.63) is 57.1 Å². The quantitative estimate of drug-likeness (QED) is 0.453. The summed E-state index contributed by atoms with van der Waals surface area (Å²) in [7, 11) is 0. The molecule has 4 nitrogen and oxygen atoms in total. The van der Waals surface area contributed by atoms with Gasteiger partial charge >= 0.3 is 12.2 Å². The Morgan fingerprint density at radius 3 is 2.64 bits per heavy atom. The Hall–Kier alpha value is -2.06. The summed E-state index contributed by atoms with van der Waals surface area (Å²) >= 11 is 11.6. The number of halogens is 6. The van der Waals surface area contributed by atoms with Crippen LogP contribution in [-0.2, 0) is 12.6 Å². The van der Waals surface area contributed by atoms with Crippen molar-refractivity contribution in [3.8, 4) is 0 Å². The van der Waals surface area contributed by atoms with Crippen molar-refractivity contribution in [2.45, 2.75) is 37.5 Å². The normalized spacial score (nSPS) is 20.9. The van der Waals surface area contributed by atoms with E-state index < -0.39 is 35.8 Å². The van der Waals surface area contributed by atoms with Crippen molar-refractivity contribution in [2.24, 2.45) is 0 Å². The second-order valence-corrected chi connectivity index (χ2v) is 7.57. The Kier molecular flexibility index (Phi) is 4.66. The van der Waals surface area contributed by atoms with E-state index in [0.29, 0.717) is 18.4 Å². The van der Waals surface area contributed by atoms with Gasteiger partial charge in [0.05, 0.1) is 21.8 Å². The van der Waals surface area contributed by atoms with Gasteiger partial charge in [0.1, 0.15) is 11.5 Å². The topological polar surface area (TPSA) is 45.2 Å². The molecule has 2 atom stereocenters. The van der Waals surface area contributed by atoms with Gasteiger partial charge in [0, 0.05) is 12.2 Å². The third-order valence-corrected chi connectivity index (χ3v) is 5.87. The highest BCUT2D eigenvalue weighted by Crippen LogP contribution is 2.46. The summed E-state index contributed by atoms with van der Waals surface area (Å²) in [6.07, 6.45) is -2.33. The number of pyridine rings is 1. The van der Waals surface area contributed by atoms with Crippen LogP contribution in [0, 0.1) is 5.82 Å². The fourth-order valence-corrected chi connectivity index (χ4v) is 4.32. The van der Waals surface area contributed by atoms with E-state index in [1.807, 2.05) is 0 Å². The van der Waals surface area contributed by atoms with E-state index in [9.17, 15) is 22.4 Å². The summed E-state index contributed by atoms with van der Waals surface area (Å²) in [6, 6.07) is 2.15. The predicted molar refractivity (Wildman–Crippen MR) is 96.0 cm³/mol. The molecule has 4 rings (SSSR count). The van der Waals surface area contributed by atoms with Crippen LogP contribution in [0.5, 0.6) is 0 Å². The summed E-state index contributed by atoms with van der Waals surface area (Å²) in [5.74, 6) is -0.754. The summed E-state index contributed by atoms with van der Waals surface area (Å²) in [4.78, 5) is 17.8. The maximum atomic E-state index is 14.1. The lowest BCUT2D eigenvalue weighted by atomic mass is 9.92. The molecule has 0 aliphatic carbocycles. The molecule has 2 aliphatic rings. The van der Waals surface area contributed by atoms with Crippen LogP contribution >= 0.6 is 23.2 Å². The third kappa shape index (κ3) is 3.18. The zero-order chi connectivity index (χ0) is 20.2. The smallest absolute Gasteiger partial charge is 0.314 e. The van der Waals surface area contributed by atoms with E-state index in [0.717, 1.165) is 12.3 Å². The van der Waals surface area contributed by atoms with Gasteiger partial charge in [-0.3, -0.25) is 4.98 Å². The number of benzene rings is 1. The average Bonchev–Trinajstić information content (AvgIpc) is 2.93. The Labute approximate surface area is 167 Å². The maximum Gasteiger partial charge on any atom is 0.433 e. The molecule has 3 heterocycles. The van der Waals surface area contributed by atoms with Gasteiger partial charge in [-0.15, -0.1) is 0 Å². The minimum Gasteiger partial charge on any atom is -0.314 e. The van der Waals surface area contributed by atoms with Gasteiger partial charge in [0.15, 0.2) is 0 Å². The lowest BCUT2D eigenvalue weighted by Crippen LogP contribution is -2.45. The van der Waals surface area contributed by atoms with Crippen molar-refractivity contribution in [1.29, 1.82) is 0 Å². The van der Waals surface area contributed by atoms with Crippen molar-refractivity contribution in [2.75, 3.05) is 5.32 Å². The molecule has 1 aromatic heterocycles. The summed E-state index contributed by atoms with van der Waals surface area (Å²) < 4.78 is 53.9. The molecule has 0 spiro atoms. The fourth-order valence-electron chi connectivity index (χ4n) is 4.01. The van der Waals surface area contributed by atoms with Gasteiger partial charge in [-0.2, -0.15) is 13.2 Å². The Balaban J connectivity index is 1.65. The monoisotopic (exact) mass is 433 g/mol. The SMILES string of the molecule is O=C(Nc1cc(Cl)c(Cl)cc1F)N1[C@@H]2CC[C@H]1c1ccnc(C(F)(F)F)c1C2. The zero-order valence-electron chi connectivity index (χ0n) is 14.2. The van der Waals surface area contributed by atoms with Gasteiger partial charge in [0.2, 0.25) is 0 Å². The molecular formula is C18H13Cl2F4N3O.